The molecule has 1 unspecified atom stereocenters. The Bertz CT molecular complexity index is 1450. The van der Waals surface area contributed by atoms with Crippen molar-refractivity contribution in [2.75, 3.05) is 13.7 Å². The topological polar surface area (TPSA) is 153 Å². The average Bonchev–Trinajstić information content (AvgIpc) is 3.53. The molecule has 3 aromatic rings. The van der Waals surface area contributed by atoms with Crippen LogP contribution in [0.4, 0.5) is 5.69 Å². The molecule has 1 aliphatic heterocycles. The number of hydrogen-bond acceptors (Lipinski definition) is 10. The number of nitrogens with zero attached hydrogens (tertiary/aromatic N) is 5. The van der Waals surface area contributed by atoms with Crippen LogP contribution in [0.2, 0.25) is 0 Å². The molecule has 0 radical (unpaired) electrons. The van der Waals surface area contributed by atoms with Crippen LogP contribution in [0.3, 0.4) is 0 Å². The molecule has 13 heteroatoms. The number of hydrogen-bond donors (Lipinski definition) is 0. The first-order valence-electron chi connectivity index (χ1n) is 10.8. The van der Waals surface area contributed by atoms with Crippen LogP contribution in [-0.4, -0.2) is 40.4 Å². The van der Waals surface area contributed by atoms with Gasteiger partial charge in [0.2, 0.25) is 17.7 Å². The average molecular weight is 570 g/mol. The van der Waals surface area contributed by atoms with Crippen molar-refractivity contribution in [3.8, 4) is 23.3 Å². The van der Waals surface area contributed by atoms with Crippen molar-refractivity contribution < 1.29 is 28.3 Å². The highest BCUT2D eigenvalue weighted by molar-refractivity contribution is 9.10. The number of carbonyl (C=O) groups excluding carboxylic acids is 1. The first-order chi connectivity index (χ1) is 17.7. The van der Waals surface area contributed by atoms with Crippen molar-refractivity contribution in [2.24, 2.45) is 5.10 Å². The van der Waals surface area contributed by atoms with E-state index in [1.165, 1.54) is 26.2 Å². The molecular weight excluding hydrogens is 550 g/mol. The van der Waals surface area contributed by atoms with Crippen molar-refractivity contribution in [1.29, 1.82) is 5.26 Å². The molecule has 1 amide bonds. The minimum absolute atomic E-state index is 0.0630. The van der Waals surface area contributed by atoms with Gasteiger partial charge in [0.05, 0.1) is 17.2 Å². The van der Waals surface area contributed by atoms with Crippen molar-refractivity contribution >= 4 is 33.4 Å². The van der Waals surface area contributed by atoms with E-state index < -0.39 is 17.1 Å². The Morgan fingerprint density at radius 2 is 2.11 bits per heavy atom. The number of nitriles is 1. The smallest absolute Gasteiger partial charge is 0.270 e. The number of rotatable bonds is 8. The number of nitro groups is 1. The van der Waals surface area contributed by atoms with E-state index in [4.69, 9.17) is 18.6 Å². The Balaban J connectivity index is 1.55. The molecule has 3 heterocycles. The van der Waals surface area contributed by atoms with Gasteiger partial charge in [-0.05, 0) is 35.0 Å². The van der Waals surface area contributed by atoms with E-state index in [2.05, 4.69) is 32.1 Å². The largest absolute Gasteiger partial charge is 0.467 e. The molecule has 4 rings (SSSR count). The molecule has 0 saturated carbocycles. The maximum Gasteiger partial charge on any atom is 0.270 e. The lowest BCUT2D eigenvalue weighted by molar-refractivity contribution is -0.384. The molecule has 190 valence electrons. The van der Waals surface area contributed by atoms with Gasteiger partial charge in [-0.25, -0.2) is 4.98 Å². The van der Waals surface area contributed by atoms with E-state index in [-0.39, 0.29) is 42.0 Å². The lowest BCUT2D eigenvalue weighted by Crippen LogP contribution is -2.25. The van der Waals surface area contributed by atoms with Crippen molar-refractivity contribution in [1.82, 2.24) is 9.99 Å². The van der Waals surface area contributed by atoms with Gasteiger partial charge < -0.3 is 18.6 Å². The highest BCUT2D eigenvalue weighted by atomic mass is 79.9. The predicted molar refractivity (Wildman–Crippen MR) is 132 cm³/mol. The highest BCUT2D eigenvalue weighted by Crippen LogP contribution is 2.34. The van der Waals surface area contributed by atoms with Crippen LogP contribution in [0.1, 0.15) is 35.7 Å². The number of benzene rings is 1. The van der Waals surface area contributed by atoms with Gasteiger partial charge in [0.1, 0.15) is 17.4 Å². The SMILES string of the molecule is COCc1c(Br)c(C)nc(OCC2=NN(C(C)=O)C(c3ccc(-c4cccc([N+](=O)[O-])c4)o3)O2)c1C#N. The van der Waals surface area contributed by atoms with Gasteiger partial charge >= 0.3 is 0 Å². The van der Waals surface area contributed by atoms with Gasteiger partial charge in [-0.15, -0.1) is 5.10 Å². The Morgan fingerprint density at radius 1 is 1.32 bits per heavy atom. The van der Waals surface area contributed by atoms with Crippen LogP contribution in [0, 0.1) is 28.4 Å². The first kappa shape index (κ1) is 25.8. The number of ether oxygens (including phenoxy) is 3. The predicted octanol–water partition coefficient (Wildman–Crippen LogP) is 4.61. The molecule has 2 aromatic heterocycles. The number of amides is 1. The number of nitro benzene ring substituents is 1. The molecule has 0 N–H and O–H groups in total. The number of non-ortho nitro benzene ring substituents is 1. The fraction of sp³-hybridized carbons (Fsp3) is 0.250. The summed E-state index contributed by atoms with van der Waals surface area (Å²) in [6.45, 7) is 3.03. The quantitative estimate of drug-likeness (QED) is 0.279. The van der Waals surface area contributed by atoms with Crippen LogP contribution in [-0.2, 0) is 20.9 Å². The zero-order valence-electron chi connectivity index (χ0n) is 19.9. The molecule has 0 fully saturated rings. The Labute approximate surface area is 219 Å². The zero-order valence-corrected chi connectivity index (χ0v) is 21.5. The molecule has 0 spiro atoms. The lowest BCUT2D eigenvalue weighted by atomic mass is 10.1. The third kappa shape index (κ3) is 5.30. The van der Waals surface area contributed by atoms with Gasteiger partial charge in [0.15, 0.2) is 12.4 Å². The Hall–Kier alpha value is -4.28. The fourth-order valence-electron chi connectivity index (χ4n) is 3.61. The second kappa shape index (κ2) is 10.8. The van der Waals surface area contributed by atoms with Crippen LogP contribution in [0.5, 0.6) is 5.88 Å². The number of halogens is 1. The van der Waals surface area contributed by atoms with Gasteiger partial charge in [-0.1, -0.05) is 12.1 Å². The minimum atomic E-state index is -1.01. The second-order valence-electron chi connectivity index (χ2n) is 7.84. The van der Waals surface area contributed by atoms with Crippen molar-refractivity contribution in [2.45, 2.75) is 26.7 Å². The van der Waals surface area contributed by atoms with Gasteiger partial charge in [0, 0.05) is 41.8 Å². The summed E-state index contributed by atoms with van der Waals surface area (Å²) in [5.74, 6) is 0.340. The van der Waals surface area contributed by atoms with Gasteiger partial charge in [-0.3, -0.25) is 14.9 Å². The zero-order chi connectivity index (χ0) is 26.7. The number of furan rings is 1. The number of carbonyl (C=O) groups is 1. The molecule has 0 bridgehead atoms. The Kier molecular flexibility index (Phi) is 7.51. The summed E-state index contributed by atoms with van der Waals surface area (Å²) in [6.07, 6.45) is -1.01. The number of aromatic nitrogens is 1. The van der Waals surface area contributed by atoms with Gasteiger partial charge in [0.25, 0.3) is 11.9 Å². The van der Waals surface area contributed by atoms with E-state index >= 15 is 0 Å². The number of methoxy groups -OCH3 is 1. The highest BCUT2D eigenvalue weighted by Gasteiger charge is 2.35. The molecule has 0 saturated heterocycles. The summed E-state index contributed by atoms with van der Waals surface area (Å²) in [5.41, 5.74) is 1.80. The molecule has 37 heavy (non-hydrogen) atoms. The van der Waals surface area contributed by atoms with Crippen molar-refractivity contribution in [3.05, 3.63) is 73.6 Å². The van der Waals surface area contributed by atoms with E-state index in [1.54, 1.807) is 31.2 Å². The van der Waals surface area contributed by atoms with E-state index in [0.29, 0.717) is 27.1 Å². The van der Waals surface area contributed by atoms with E-state index in [1.807, 2.05) is 0 Å². The molecule has 1 atom stereocenters. The normalized spacial score (nSPS) is 14.6. The third-order valence-electron chi connectivity index (χ3n) is 5.32. The van der Waals surface area contributed by atoms with Gasteiger partial charge in [-0.2, -0.15) is 10.3 Å². The fourth-order valence-corrected chi connectivity index (χ4v) is 4.01. The standard InChI is InChI=1S/C24H20BrN5O7/c1-13-22(25)18(11-34-3)17(10-26)23(27-13)35-12-21-28-29(14(2)31)24(37-21)20-8-7-19(36-20)15-5-4-6-16(9-15)30(32)33/h4-9,24H,11-12H2,1-3H3. The van der Waals surface area contributed by atoms with E-state index in [0.717, 1.165) is 5.01 Å². The number of hydrazone groups is 1. The lowest BCUT2D eigenvalue weighted by Gasteiger charge is -2.16. The summed E-state index contributed by atoms with van der Waals surface area (Å²) in [6, 6.07) is 11.3. The number of pyridine rings is 1. The second-order valence-corrected chi connectivity index (χ2v) is 8.63. The maximum atomic E-state index is 12.3. The molecule has 0 aliphatic carbocycles. The molecule has 12 nitrogen and oxygen atoms in total. The van der Waals surface area contributed by atoms with E-state index in [9.17, 15) is 20.2 Å². The van der Waals surface area contributed by atoms with Crippen LogP contribution >= 0.6 is 15.9 Å². The summed E-state index contributed by atoms with van der Waals surface area (Å²) in [5, 5.41) is 26.1. The van der Waals surface area contributed by atoms with Crippen LogP contribution in [0.25, 0.3) is 11.3 Å². The summed E-state index contributed by atoms with van der Waals surface area (Å²) >= 11 is 3.43. The Morgan fingerprint density at radius 3 is 2.78 bits per heavy atom. The monoisotopic (exact) mass is 569 g/mol. The summed E-state index contributed by atoms with van der Waals surface area (Å²) in [4.78, 5) is 27.2. The maximum absolute atomic E-state index is 12.3. The summed E-state index contributed by atoms with van der Waals surface area (Å²) in [7, 11) is 1.51. The summed E-state index contributed by atoms with van der Waals surface area (Å²) < 4.78 is 23.3. The van der Waals surface area contributed by atoms with Crippen molar-refractivity contribution in [3.63, 3.8) is 0 Å². The van der Waals surface area contributed by atoms with Crippen LogP contribution < -0.4 is 4.74 Å². The van der Waals surface area contributed by atoms with Crippen LogP contribution in [0.15, 0.2) is 50.4 Å². The molecule has 1 aromatic carbocycles. The minimum Gasteiger partial charge on any atom is -0.467 e. The first-order valence-corrected chi connectivity index (χ1v) is 11.6. The molecular formula is C24H20BrN5O7. The molecule has 1 aliphatic rings. The third-order valence-corrected chi connectivity index (χ3v) is 6.38. The number of aryl methyl sites for hydroxylation is 1.